The van der Waals surface area contributed by atoms with Gasteiger partial charge in [-0.3, -0.25) is 0 Å². The molecule has 3 rings (SSSR count). The molecule has 0 aromatic heterocycles. The molecule has 2 heterocycles. The molecule has 0 amide bonds. The zero-order valence-electron chi connectivity index (χ0n) is 13.4. The summed E-state index contributed by atoms with van der Waals surface area (Å²) in [6.45, 7) is 9.38. The largest absolute Gasteiger partial charge is 0.384 e. The zero-order valence-corrected chi connectivity index (χ0v) is 13.4. The van der Waals surface area contributed by atoms with E-state index in [4.69, 9.17) is 0 Å². The lowest BCUT2D eigenvalue weighted by Gasteiger charge is -2.31. The number of likely N-dealkylation sites (tertiary alicyclic amines) is 1. The summed E-state index contributed by atoms with van der Waals surface area (Å²) >= 11 is 0. The number of fused-ring (bicyclic) bond motifs is 1. The zero-order chi connectivity index (χ0) is 14.3. The predicted octanol–water partition coefficient (Wildman–Crippen LogP) is 4.22. The first-order valence-electron chi connectivity index (χ1n) is 8.08. The normalized spacial score (nSPS) is 29.8. The Morgan fingerprint density at radius 3 is 2.90 bits per heavy atom. The van der Waals surface area contributed by atoms with Gasteiger partial charge in [0, 0.05) is 25.1 Å². The standard InChI is InChI=1S/C18H28N2.H2/c1-13(2)14-7-8-17-16(10-14)18(3,12-19-17)11-15-6-5-9-20(15)4;/h7-8,10,13,15,19H,5-6,9,11-12H2,1-4H3;1H/t15-,18?;/m1./s1. The van der Waals surface area contributed by atoms with Crippen LogP contribution in [0.4, 0.5) is 5.69 Å². The molecule has 2 heteroatoms. The number of hydrogen-bond donors (Lipinski definition) is 1. The van der Waals surface area contributed by atoms with Gasteiger partial charge in [-0.1, -0.05) is 32.9 Å². The Labute approximate surface area is 125 Å². The lowest BCUT2D eigenvalue weighted by Crippen LogP contribution is -2.35. The van der Waals surface area contributed by atoms with Gasteiger partial charge in [0.25, 0.3) is 0 Å². The first-order chi connectivity index (χ1) is 9.49. The van der Waals surface area contributed by atoms with Crippen LogP contribution in [-0.2, 0) is 5.41 Å². The molecule has 2 atom stereocenters. The van der Waals surface area contributed by atoms with Gasteiger partial charge in [-0.25, -0.2) is 0 Å². The molecule has 1 saturated heterocycles. The van der Waals surface area contributed by atoms with E-state index in [1.807, 2.05) is 0 Å². The minimum atomic E-state index is 0. The fourth-order valence-electron chi connectivity index (χ4n) is 3.90. The molecule has 0 radical (unpaired) electrons. The molecule has 1 aromatic carbocycles. The van der Waals surface area contributed by atoms with Gasteiger partial charge in [-0.05, 0) is 56.0 Å². The second-order valence-electron chi connectivity index (χ2n) is 7.35. The van der Waals surface area contributed by atoms with Crippen LogP contribution in [0.5, 0.6) is 0 Å². The van der Waals surface area contributed by atoms with E-state index in [2.05, 4.69) is 56.2 Å². The van der Waals surface area contributed by atoms with Gasteiger partial charge in [0.05, 0.1) is 0 Å². The average Bonchev–Trinajstić information content (AvgIpc) is 2.95. The summed E-state index contributed by atoms with van der Waals surface area (Å²) in [6, 6.07) is 7.78. The third kappa shape index (κ3) is 2.35. The van der Waals surface area contributed by atoms with Crippen molar-refractivity contribution in [1.29, 1.82) is 0 Å². The Kier molecular flexibility index (Phi) is 3.53. The van der Waals surface area contributed by atoms with Crippen molar-refractivity contribution in [3.8, 4) is 0 Å². The summed E-state index contributed by atoms with van der Waals surface area (Å²) < 4.78 is 0. The van der Waals surface area contributed by atoms with Crippen LogP contribution < -0.4 is 5.32 Å². The van der Waals surface area contributed by atoms with Gasteiger partial charge >= 0.3 is 0 Å². The second kappa shape index (κ2) is 5.07. The van der Waals surface area contributed by atoms with E-state index in [0.717, 1.165) is 12.6 Å². The Bertz CT molecular complexity index is 500. The van der Waals surface area contributed by atoms with E-state index in [-0.39, 0.29) is 1.43 Å². The van der Waals surface area contributed by atoms with Crippen LogP contribution in [0.2, 0.25) is 0 Å². The highest BCUT2D eigenvalue weighted by Gasteiger charge is 2.38. The van der Waals surface area contributed by atoms with E-state index in [1.165, 1.54) is 37.1 Å². The van der Waals surface area contributed by atoms with Gasteiger partial charge in [0.1, 0.15) is 0 Å². The van der Waals surface area contributed by atoms with E-state index in [9.17, 15) is 0 Å². The van der Waals surface area contributed by atoms with E-state index in [0.29, 0.717) is 11.3 Å². The van der Waals surface area contributed by atoms with Crippen LogP contribution in [0.25, 0.3) is 0 Å². The lowest BCUT2D eigenvalue weighted by molar-refractivity contribution is 0.254. The maximum Gasteiger partial charge on any atom is 0.0379 e. The van der Waals surface area contributed by atoms with E-state index >= 15 is 0 Å². The van der Waals surface area contributed by atoms with Gasteiger partial charge in [-0.15, -0.1) is 0 Å². The Balaban J connectivity index is 0.00000161. The molecule has 2 nitrogen and oxygen atoms in total. The van der Waals surface area contributed by atoms with Crippen LogP contribution in [0, 0.1) is 0 Å². The topological polar surface area (TPSA) is 15.3 Å². The molecule has 1 aromatic rings. The molecular weight excluding hydrogens is 244 g/mol. The van der Waals surface area contributed by atoms with Crippen LogP contribution >= 0.6 is 0 Å². The van der Waals surface area contributed by atoms with Crippen molar-refractivity contribution in [1.82, 2.24) is 4.90 Å². The second-order valence-corrected chi connectivity index (χ2v) is 7.35. The molecule has 0 aliphatic carbocycles. The van der Waals surface area contributed by atoms with Crippen LogP contribution in [-0.4, -0.2) is 31.1 Å². The van der Waals surface area contributed by atoms with Gasteiger partial charge in [0.2, 0.25) is 0 Å². The SMILES string of the molecule is CC(C)c1ccc2c(c1)C(C)(C[C@H]1CCCN1C)CN2.[HH]. The molecule has 1 fully saturated rings. The number of benzene rings is 1. The smallest absolute Gasteiger partial charge is 0.0379 e. The van der Waals surface area contributed by atoms with Crippen molar-refractivity contribution in [2.75, 3.05) is 25.5 Å². The summed E-state index contributed by atoms with van der Waals surface area (Å²) in [6.07, 6.45) is 4.01. The third-order valence-electron chi connectivity index (χ3n) is 5.39. The average molecular weight is 274 g/mol. The van der Waals surface area contributed by atoms with Crippen molar-refractivity contribution in [2.24, 2.45) is 0 Å². The quantitative estimate of drug-likeness (QED) is 0.887. The van der Waals surface area contributed by atoms with Crippen LogP contribution in [0.1, 0.15) is 58.5 Å². The summed E-state index contributed by atoms with van der Waals surface area (Å²) in [7, 11) is 2.29. The summed E-state index contributed by atoms with van der Waals surface area (Å²) in [5.41, 5.74) is 4.67. The Morgan fingerprint density at radius 2 is 2.25 bits per heavy atom. The van der Waals surface area contributed by atoms with Crippen molar-refractivity contribution in [2.45, 2.75) is 57.4 Å². The highest BCUT2D eigenvalue weighted by Crippen LogP contribution is 2.42. The molecular formula is C18H30N2. The van der Waals surface area contributed by atoms with Crippen molar-refractivity contribution in [3.05, 3.63) is 29.3 Å². The molecule has 1 N–H and O–H groups in total. The number of hydrogen-bond acceptors (Lipinski definition) is 2. The number of anilines is 1. The maximum absolute atomic E-state index is 3.63. The summed E-state index contributed by atoms with van der Waals surface area (Å²) in [4.78, 5) is 2.55. The summed E-state index contributed by atoms with van der Waals surface area (Å²) in [5.74, 6) is 0.610. The Hall–Kier alpha value is -1.02. The van der Waals surface area contributed by atoms with Gasteiger partial charge < -0.3 is 10.2 Å². The number of rotatable bonds is 3. The molecule has 2 aliphatic rings. The fraction of sp³-hybridized carbons (Fsp3) is 0.667. The molecule has 0 bridgehead atoms. The highest BCUT2D eigenvalue weighted by atomic mass is 15.1. The minimum absolute atomic E-state index is 0. The van der Waals surface area contributed by atoms with Crippen molar-refractivity contribution < 1.29 is 1.43 Å². The Morgan fingerprint density at radius 1 is 1.45 bits per heavy atom. The first kappa shape index (κ1) is 13.9. The molecule has 1 unspecified atom stereocenters. The van der Waals surface area contributed by atoms with Gasteiger partial charge in [-0.2, -0.15) is 0 Å². The fourth-order valence-corrected chi connectivity index (χ4v) is 3.90. The predicted molar refractivity (Wildman–Crippen MR) is 88.8 cm³/mol. The number of nitrogens with zero attached hydrogens (tertiary/aromatic N) is 1. The highest BCUT2D eigenvalue weighted by molar-refractivity contribution is 5.61. The first-order valence-corrected chi connectivity index (χ1v) is 8.08. The van der Waals surface area contributed by atoms with Crippen molar-refractivity contribution >= 4 is 5.69 Å². The van der Waals surface area contributed by atoms with E-state index < -0.39 is 0 Å². The minimum Gasteiger partial charge on any atom is -0.384 e. The van der Waals surface area contributed by atoms with Gasteiger partial charge in [0.15, 0.2) is 0 Å². The van der Waals surface area contributed by atoms with Crippen LogP contribution in [0.3, 0.4) is 0 Å². The molecule has 20 heavy (non-hydrogen) atoms. The lowest BCUT2D eigenvalue weighted by atomic mass is 9.77. The third-order valence-corrected chi connectivity index (χ3v) is 5.39. The number of nitrogens with one attached hydrogen (secondary N) is 1. The maximum atomic E-state index is 3.63. The molecule has 0 spiro atoms. The van der Waals surface area contributed by atoms with Crippen molar-refractivity contribution in [3.63, 3.8) is 0 Å². The molecule has 2 aliphatic heterocycles. The molecule has 112 valence electrons. The van der Waals surface area contributed by atoms with Crippen LogP contribution in [0.15, 0.2) is 18.2 Å². The summed E-state index contributed by atoms with van der Waals surface area (Å²) in [5, 5.41) is 3.63. The molecule has 0 saturated carbocycles. The monoisotopic (exact) mass is 274 g/mol. The van der Waals surface area contributed by atoms with E-state index in [1.54, 1.807) is 5.56 Å².